The molecule has 0 fully saturated rings. The first-order chi connectivity index (χ1) is 15.5. The number of ketones is 1. The Hall–Kier alpha value is -3.22. The van der Waals surface area contributed by atoms with Crippen molar-refractivity contribution >= 4 is 62.3 Å². The predicted octanol–water partition coefficient (Wildman–Crippen LogP) is 5.69. The van der Waals surface area contributed by atoms with E-state index in [0.717, 1.165) is 21.2 Å². The summed E-state index contributed by atoms with van der Waals surface area (Å²) in [7, 11) is 0. The number of aromatic nitrogens is 2. The number of carbonyl (C=O) groups is 2. The lowest BCUT2D eigenvalue weighted by atomic mass is 10.0. The molecular formula is C25H19BrClN3O2. The van der Waals surface area contributed by atoms with Crippen LogP contribution < -0.4 is 5.32 Å². The van der Waals surface area contributed by atoms with Gasteiger partial charge in [0, 0.05) is 45.3 Å². The summed E-state index contributed by atoms with van der Waals surface area (Å²) in [6.07, 6.45) is 5.91. The first kappa shape index (κ1) is 22.0. The van der Waals surface area contributed by atoms with E-state index in [4.69, 9.17) is 11.6 Å². The molecule has 1 amide bonds. The molecule has 2 aromatic carbocycles. The molecule has 5 nitrogen and oxygen atoms in total. The van der Waals surface area contributed by atoms with Crippen LogP contribution in [0.15, 0.2) is 71.3 Å². The Morgan fingerprint density at radius 3 is 2.62 bits per heavy atom. The molecule has 0 atom stereocenters. The minimum Gasteiger partial charge on any atom is -0.354 e. The molecule has 0 bridgehead atoms. The second kappa shape index (κ2) is 9.94. The summed E-state index contributed by atoms with van der Waals surface area (Å²) in [6.45, 7) is 0.325. The van der Waals surface area contributed by atoms with Crippen molar-refractivity contribution in [3.05, 3.63) is 98.9 Å². The quantitative estimate of drug-likeness (QED) is 0.249. The van der Waals surface area contributed by atoms with E-state index in [1.165, 1.54) is 0 Å². The molecule has 0 aliphatic carbocycles. The van der Waals surface area contributed by atoms with E-state index in [9.17, 15) is 9.59 Å². The second-order valence-electron chi connectivity index (χ2n) is 7.14. The summed E-state index contributed by atoms with van der Waals surface area (Å²) in [4.78, 5) is 33.3. The minimum atomic E-state index is -0.647. The first-order valence-corrected chi connectivity index (χ1v) is 11.2. The molecule has 2 aromatic heterocycles. The number of hydrogen-bond acceptors (Lipinski definition) is 3. The van der Waals surface area contributed by atoms with Crippen LogP contribution in [0.1, 0.15) is 27.3 Å². The summed E-state index contributed by atoms with van der Waals surface area (Å²) >= 11 is 9.40. The Bertz CT molecular complexity index is 1300. The minimum absolute atomic E-state index is 0.325. The fourth-order valence-corrected chi connectivity index (χ4v) is 3.84. The summed E-state index contributed by atoms with van der Waals surface area (Å²) in [5.41, 5.74) is 3.45. The number of nitrogens with zero attached hydrogens (tertiary/aromatic N) is 1. The number of carbonyl (C=O) groups excluding carboxylic acids is 2. The van der Waals surface area contributed by atoms with Crippen LogP contribution in [0, 0.1) is 0 Å². The van der Waals surface area contributed by atoms with Gasteiger partial charge in [0.2, 0.25) is 0 Å². The van der Waals surface area contributed by atoms with Gasteiger partial charge in [-0.15, -0.1) is 0 Å². The fraction of sp³-hybridized carbons (Fsp3) is 0.0800. The smallest absolute Gasteiger partial charge is 0.292 e. The lowest BCUT2D eigenvalue weighted by Crippen LogP contribution is -2.33. The highest BCUT2D eigenvalue weighted by molar-refractivity contribution is 9.10. The van der Waals surface area contributed by atoms with E-state index < -0.39 is 11.7 Å². The van der Waals surface area contributed by atoms with Crippen LogP contribution in [0.5, 0.6) is 0 Å². The maximum atomic E-state index is 13.1. The van der Waals surface area contributed by atoms with E-state index in [2.05, 4.69) is 31.2 Å². The van der Waals surface area contributed by atoms with E-state index in [1.54, 1.807) is 24.4 Å². The highest BCUT2D eigenvalue weighted by atomic mass is 79.9. The van der Waals surface area contributed by atoms with Crippen LogP contribution in [0.3, 0.4) is 0 Å². The van der Waals surface area contributed by atoms with E-state index >= 15 is 0 Å². The van der Waals surface area contributed by atoms with Gasteiger partial charge in [0.15, 0.2) is 0 Å². The number of hydrogen-bond donors (Lipinski definition) is 2. The fourth-order valence-electron chi connectivity index (χ4n) is 3.36. The van der Waals surface area contributed by atoms with Crippen molar-refractivity contribution in [1.29, 1.82) is 0 Å². The number of benzene rings is 2. The third kappa shape index (κ3) is 5.15. The van der Waals surface area contributed by atoms with Gasteiger partial charge >= 0.3 is 0 Å². The summed E-state index contributed by atoms with van der Waals surface area (Å²) in [5.74, 6) is -1.23. The standard InChI is InChI=1S/C25H19BrClN3O2/c26-17-7-10-20-22(15-17)30-21(11-6-16-4-8-18(27)9-5-16)23(20)24(31)25(32)29-14-12-19-3-1-2-13-28-19/h1-11,13,15,30H,12,14H2,(H,29,32)/b11-6+. The third-order valence-electron chi connectivity index (χ3n) is 4.93. The van der Waals surface area contributed by atoms with E-state index in [0.29, 0.717) is 34.6 Å². The van der Waals surface area contributed by atoms with Gasteiger partial charge in [-0.3, -0.25) is 14.6 Å². The van der Waals surface area contributed by atoms with Crippen LogP contribution in [0.2, 0.25) is 5.02 Å². The van der Waals surface area contributed by atoms with Crippen molar-refractivity contribution in [1.82, 2.24) is 15.3 Å². The van der Waals surface area contributed by atoms with Crippen LogP contribution in [0.4, 0.5) is 0 Å². The molecule has 0 unspecified atom stereocenters. The molecule has 0 saturated heterocycles. The molecule has 4 rings (SSSR count). The molecule has 0 radical (unpaired) electrons. The maximum Gasteiger partial charge on any atom is 0.292 e. The van der Waals surface area contributed by atoms with Crippen LogP contribution in [-0.4, -0.2) is 28.2 Å². The van der Waals surface area contributed by atoms with Crippen molar-refractivity contribution in [3.8, 4) is 0 Å². The molecule has 0 aliphatic heterocycles. The molecule has 7 heteroatoms. The summed E-state index contributed by atoms with van der Waals surface area (Å²) < 4.78 is 0.873. The van der Waals surface area contributed by atoms with Crippen LogP contribution in [-0.2, 0) is 11.2 Å². The number of amides is 1. The number of Topliss-reactive ketones (excluding diaryl/α,β-unsaturated/α-hetero) is 1. The molecule has 4 aromatic rings. The molecule has 160 valence electrons. The van der Waals surface area contributed by atoms with Crippen molar-refractivity contribution in [3.63, 3.8) is 0 Å². The molecule has 2 heterocycles. The number of nitrogens with one attached hydrogen (secondary N) is 2. The Morgan fingerprint density at radius 2 is 1.88 bits per heavy atom. The number of fused-ring (bicyclic) bond motifs is 1. The number of H-pyrrole nitrogens is 1. The Labute approximate surface area is 198 Å². The number of rotatable bonds is 7. The molecule has 2 N–H and O–H groups in total. The average molecular weight is 509 g/mol. The van der Waals surface area contributed by atoms with Crippen molar-refractivity contribution in [2.45, 2.75) is 6.42 Å². The largest absolute Gasteiger partial charge is 0.354 e. The first-order valence-electron chi connectivity index (χ1n) is 9.98. The van der Waals surface area contributed by atoms with Crippen molar-refractivity contribution < 1.29 is 9.59 Å². The lowest BCUT2D eigenvalue weighted by Gasteiger charge is -2.05. The lowest BCUT2D eigenvalue weighted by molar-refractivity contribution is -0.116. The van der Waals surface area contributed by atoms with Gasteiger partial charge in [-0.1, -0.05) is 57.9 Å². The molecule has 0 aliphatic rings. The van der Waals surface area contributed by atoms with Gasteiger partial charge in [0.05, 0.1) is 11.3 Å². The van der Waals surface area contributed by atoms with Gasteiger partial charge in [0.1, 0.15) is 0 Å². The molecule has 32 heavy (non-hydrogen) atoms. The number of pyridine rings is 1. The van der Waals surface area contributed by atoms with Crippen molar-refractivity contribution in [2.75, 3.05) is 6.54 Å². The number of halogens is 2. The highest BCUT2D eigenvalue weighted by Crippen LogP contribution is 2.27. The van der Waals surface area contributed by atoms with E-state index in [1.807, 2.05) is 54.6 Å². The van der Waals surface area contributed by atoms with Crippen molar-refractivity contribution in [2.24, 2.45) is 0 Å². The van der Waals surface area contributed by atoms with Crippen LogP contribution in [0.25, 0.3) is 23.1 Å². The Morgan fingerprint density at radius 1 is 1.06 bits per heavy atom. The van der Waals surface area contributed by atoms with Gasteiger partial charge in [-0.25, -0.2) is 0 Å². The van der Waals surface area contributed by atoms with Gasteiger partial charge in [-0.2, -0.15) is 0 Å². The third-order valence-corrected chi connectivity index (χ3v) is 5.67. The zero-order valence-corrected chi connectivity index (χ0v) is 19.3. The van der Waals surface area contributed by atoms with Gasteiger partial charge in [0.25, 0.3) is 11.7 Å². The normalized spacial score (nSPS) is 11.2. The maximum absolute atomic E-state index is 13.1. The number of aromatic amines is 1. The summed E-state index contributed by atoms with van der Waals surface area (Å²) in [6, 6.07) is 18.5. The summed E-state index contributed by atoms with van der Waals surface area (Å²) in [5, 5.41) is 4.05. The SMILES string of the molecule is O=C(NCCc1ccccn1)C(=O)c1c(/C=C/c2ccc(Cl)cc2)[nH]c2cc(Br)ccc12. The molecular weight excluding hydrogens is 490 g/mol. The van der Waals surface area contributed by atoms with Crippen LogP contribution >= 0.6 is 27.5 Å². The zero-order valence-electron chi connectivity index (χ0n) is 16.9. The topological polar surface area (TPSA) is 74.8 Å². The highest BCUT2D eigenvalue weighted by Gasteiger charge is 2.23. The molecule has 0 spiro atoms. The van der Waals surface area contributed by atoms with Gasteiger partial charge in [-0.05, 0) is 48.0 Å². The zero-order chi connectivity index (χ0) is 22.5. The Kier molecular flexibility index (Phi) is 6.83. The second-order valence-corrected chi connectivity index (χ2v) is 8.50. The predicted molar refractivity (Wildman–Crippen MR) is 132 cm³/mol. The van der Waals surface area contributed by atoms with E-state index in [-0.39, 0.29) is 0 Å². The average Bonchev–Trinajstić information content (AvgIpc) is 3.16. The monoisotopic (exact) mass is 507 g/mol. The van der Waals surface area contributed by atoms with Gasteiger partial charge < -0.3 is 10.3 Å². The molecule has 0 saturated carbocycles. The Balaban J connectivity index is 1.59.